The molecule has 10 nitrogen and oxygen atoms in total. The monoisotopic (exact) mass is 638 g/mol. The summed E-state index contributed by atoms with van der Waals surface area (Å²) >= 11 is 0. The van der Waals surface area contributed by atoms with Crippen LogP contribution in [0.4, 0.5) is 5.69 Å². The minimum atomic E-state index is -0.487. The first-order valence-corrected chi connectivity index (χ1v) is 16.5. The van der Waals surface area contributed by atoms with Crippen LogP contribution in [0.15, 0.2) is 54.6 Å². The molecular weight excluding hydrogens is 592 g/mol. The van der Waals surface area contributed by atoms with Crippen molar-refractivity contribution in [2.24, 2.45) is 11.7 Å². The van der Waals surface area contributed by atoms with Gasteiger partial charge >= 0.3 is 0 Å². The Kier molecular flexibility index (Phi) is 9.40. The molecule has 3 aromatic carbocycles. The van der Waals surface area contributed by atoms with Crippen LogP contribution in [0.25, 0.3) is 22.4 Å². The lowest BCUT2D eigenvalue weighted by Gasteiger charge is -2.39. The number of carbonyl (C=O) groups excluding carboxylic acids is 2. The fraction of sp³-hybridized carbons (Fsp3) is 0.432. The molecule has 0 bridgehead atoms. The van der Waals surface area contributed by atoms with Gasteiger partial charge in [-0.2, -0.15) is 0 Å². The third-order valence-corrected chi connectivity index (χ3v) is 10.1. The van der Waals surface area contributed by atoms with Crippen molar-refractivity contribution in [3.63, 3.8) is 0 Å². The summed E-state index contributed by atoms with van der Waals surface area (Å²) in [6.07, 6.45) is 2.36. The quantitative estimate of drug-likeness (QED) is 0.245. The maximum atomic E-state index is 13.5. The summed E-state index contributed by atoms with van der Waals surface area (Å²) in [6, 6.07) is 17.7. The van der Waals surface area contributed by atoms with Gasteiger partial charge in [-0.1, -0.05) is 12.1 Å². The molecule has 2 fully saturated rings. The highest BCUT2D eigenvalue weighted by molar-refractivity contribution is 5.97. The van der Waals surface area contributed by atoms with Crippen molar-refractivity contribution in [2.75, 3.05) is 65.4 Å². The third-order valence-electron chi connectivity index (χ3n) is 10.1. The number of aryl methyl sites for hydroxylation is 1. The SMILES string of the molecule is COc1ccc(-c2nc3ccc(C(N)=O)cc3n2C2CC(C(=O)N(C)CCCN3CCN(c4cccc(C)c4C)CC3)C2)cc1OC. The number of carbonyl (C=O) groups is 2. The van der Waals surface area contributed by atoms with Crippen molar-refractivity contribution in [1.82, 2.24) is 19.4 Å². The zero-order chi connectivity index (χ0) is 33.2. The first-order chi connectivity index (χ1) is 22.7. The summed E-state index contributed by atoms with van der Waals surface area (Å²) in [7, 11) is 5.14. The lowest BCUT2D eigenvalue weighted by atomic mass is 9.78. The number of methoxy groups -OCH3 is 2. The van der Waals surface area contributed by atoms with E-state index in [1.807, 2.05) is 36.2 Å². The fourth-order valence-electron chi connectivity index (χ4n) is 7.04. The molecule has 2 amide bonds. The molecule has 4 aromatic rings. The molecule has 2 N–H and O–H groups in total. The van der Waals surface area contributed by atoms with Crippen molar-refractivity contribution >= 4 is 28.5 Å². The maximum absolute atomic E-state index is 13.5. The van der Waals surface area contributed by atoms with E-state index in [-0.39, 0.29) is 17.9 Å². The van der Waals surface area contributed by atoms with Crippen LogP contribution in [0.2, 0.25) is 0 Å². The number of amides is 2. The van der Waals surface area contributed by atoms with Gasteiger partial charge in [0.15, 0.2) is 11.5 Å². The van der Waals surface area contributed by atoms with Gasteiger partial charge in [0.05, 0.1) is 25.3 Å². The Labute approximate surface area is 277 Å². The molecule has 0 spiro atoms. The molecule has 1 aromatic heterocycles. The Balaban J connectivity index is 1.08. The van der Waals surface area contributed by atoms with Crippen molar-refractivity contribution < 1.29 is 19.1 Å². The summed E-state index contributed by atoms with van der Waals surface area (Å²) in [5.41, 5.74) is 12.6. The number of primary amides is 1. The van der Waals surface area contributed by atoms with E-state index < -0.39 is 5.91 Å². The highest BCUT2D eigenvalue weighted by Crippen LogP contribution is 2.44. The molecule has 2 aliphatic rings. The molecule has 10 heteroatoms. The van der Waals surface area contributed by atoms with E-state index in [0.29, 0.717) is 29.9 Å². The zero-order valence-corrected chi connectivity index (χ0v) is 28.2. The average Bonchev–Trinajstić information content (AvgIpc) is 3.43. The number of hydrogen-bond donors (Lipinski definition) is 1. The van der Waals surface area contributed by atoms with E-state index in [4.69, 9.17) is 20.2 Å². The van der Waals surface area contributed by atoms with Gasteiger partial charge in [-0.25, -0.2) is 4.98 Å². The van der Waals surface area contributed by atoms with Gasteiger partial charge in [-0.05, 0) is 93.2 Å². The predicted octanol–water partition coefficient (Wildman–Crippen LogP) is 5.06. The van der Waals surface area contributed by atoms with Crippen molar-refractivity contribution in [1.29, 1.82) is 0 Å². The number of imidazole rings is 1. The molecule has 0 radical (unpaired) electrons. The normalized spacial score (nSPS) is 18.2. The lowest BCUT2D eigenvalue weighted by Crippen LogP contribution is -2.47. The van der Waals surface area contributed by atoms with Crippen LogP contribution in [-0.4, -0.2) is 91.7 Å². The smallest absolute Gasteiger partial charge is 0.248 e. The number of rotatable bonds is 11. The number of nitrogens with two attached hydrogens (primary N) is 1. The van der Waals surface area contributed by atoms with Gasteiger partial charge < -0.3 is 29.6 Å². The van der Waals surface area contributed by atoms with Gasteiger partial charge in [0.1, 0.15) is 5.82 Å². The van der Waals surface area contributed by atoms with E-state index in [2.05, 4.69) is 46.4 Å². The van der Waals surface area contributed by atoms with Crippen LogP contribution in [-0.2, 0) is 4.79 Å². The number of fused-ring (bicyclic) bond motifs is 1. The second-order valence-corrected chi connectivity index (χ2v) is 12.9. The average molecular weight is 639 g/mol. The summed E-state index contributed by atoms with van der Waals surface area (Å²) in [4.78, 5) is 37.4. The highest BCUT2D eigenvalue weighted by Gasteiger charge is 2.39. The molecule has 1 aliphatic carbocycles. The number of ether oxygens (including phenoxy) is 2. The third kappa shape index (κ3) is 6.52. The summed E-state index contributed by atoms with van der Waals surface area (Å²) in [5, 5.41) is 0. The summed E-state index contributed by atoms with van der Waals surface area (Å²) < 4.78 is 13.2. The predicted molar refractivity (Wildman–Crippen MR) is 185 cm³/mol. The van der Waals surface area contributed by atoms with Crippen molar-refractivity contribution in [3.8, 4) is 22.9 Å². The first-order valence-electron chi connectivity index (χ1n) is 16.5. The maximum Gasteiger partial charge on any atom is 0.248 e. The minimum Gasteiger partial charge on any atom is -0.493 e. The lowest BCUT2D eigenvalue weighted by molar-refractivity contribution is -0.138. The number of benzene rings is 3. The van der Waals surface area contributed by atoms with E-state index in [1.165, 1.54) is 16.8 Å². The molecule has 6 rings (SSSR count). The van der Waals surface area contributed by atoms with E-state index in [9.17, 15) is 9.59 Å². The molecule has 0 unspecified atom stereocenters. The first kappa shape index (κ1) is 32.4. The van der Waals surface area contributed by atoms with Gasteiger partial charge in [-0.3, -0.25) is 14.5 Å². The van der Waals surface area contributed by atoms with Gasteiger partial charge in [0.25, 0.3) is 0 Å². The summed E-state index contributed by atoms with van der Waals surface area (Å²) in [6.45, 7) is 10.2. The Morgan fingerprint density at radius 2 is 1.70 bits per heavy atom. The molecule has 2 heterocycles. The van der Waals surface area contributed by atoms with E-state index in [1.54, 1.807) is 26.4 Å². The number of nitrogens with zero attached hydrogens (tertiary/aromatic N) is 5. The van der Waals surface area contributed by atoms with Crippen LogP contribution < -0.4 is 20.1 Å². The number of piperazine rings is 1. The molecule has 1 aliphatic heterocycles. The molecule has 1 saturated heterocycles. The molecule has 248 valence electrons. The van der Waals surface area contributed by atoms with Crippen LogP contribution in [0.3, 0.4) is 0 Å². The largest absolute Gasteiger partial charge is 0.493 e. The second-order valence-electron chi connectivity index (χ2n) is 12.9. The van der Waals surface area contributed by atoms with Crippen LogP contribution >= 0.6 is 0 Å². The van der Waals surface area contributed by atoms with Crippen LogP contribution in [0.5, 0.6) is 11.5 Å². The van der Waals surface area contributed by atoms with Gasteiger partial charge in [0.2, 0.25) is 11.8 Å². The Morgan fingerprint density at radius 3 is 2.40 bits per heavy atom. The Morgan fingerprint density at radius 1 is 0.957 bits per heavy atom. The summed E-state index contributed by atoms with van der Waals surface area (Å²) in [5.74, 6) is 1.64. The van der Waals surface area contributed by atoms with Crippen LogP contribution in [0, 0.1) is 19.8 Å². The van der Waals surface area contributed by atoms with Crippen molar-refractivity contribution in [2.45, 2.75) is 39.2 Å². The van der Waals surface area contributed by atoms with E-state index in [0.717, 1.165) is 68.1 Å². The van der Waals surface area contributed by atoms with Gasteiger partial charge in [-0.15, -0.1) is 0 Å². The molecule has 0 atom stereocenters. The number of anilines is 1. The zero-order valence-electron chi connectivity index (χ0n) is 28.2. The van der Waals surface area contributed by atoms with Gasteiger partial charge in [0, 0.05) is 68.5 Å². The standard InChI is InChI=1S/C37H46N6O4/c1-24-8-6-9-31(25(24)2)42-18-16-41(17-19-42)15-7-14-40(3)37(45)28-20-29(21-28)43-32-22-26(35(38)44)10-12-30(32)39-36(43)27-11-13-33(46-4)34(23-27)47-5/h6,8-13,22-23,28-29H,7,14-21H2,1-5H3,(H2,38,44). The Bertz CT molecular complexity index is 1770. The fourth-order valence-corrected chi connectivity index (χ4v) is 7.04. The second kappa shape index (κ2) is 13.7. The molecule has 1 saturated carbocycles. The minimum absolute atomic E-state index is 0.0545. The highest BCUT2D eigenvalue weighted by atomic mass is 16.5. The van der Waals surface area contributed by atoms with Crippen molar-refractivity contribution in [3.05, 3.63) is 71.3 Å². The topological polar surface area (TPSA) is 106 Å². The molecule has 47 heavy (non-hydrogen) atoms. The number of hydrogen-bond acceptors (Lipinski definition) is 7. The Hall–Kier alpha value is -4.57. The number of aromatic nitrogens is 2. The van der Waals surface area contributed by atoms with Crippen LogP contribution in [0.1, 0.15) is 46.8 Å². The van der Waals surface area contributed by atoms with E-state index >= 15 is 0 Å². The molecular formula is C37H46N6O4.